The van der Waals surface area contributed by atoms with Crippen LogP contribution in [0.4, 0.5) is 13.2 Å². The molecule has 0 aliphatic heterocycles. The number of methoxy groups -OCH3 is 1. The minimum Gasteiger partial charge on any atom is -0.468 e. The highest BCUT2D eigenvalue weighted by molar-refractivity contribution is 9.10. The zero-order valence-corrected chi connectivity index (χ0v) is 10.7. The average Bonchev–Trinajstić information content (AvgIpc) is 2.27. The van der Waals surface area contributed by atoms with Crippen molar-refractivity contribution in [3.63, 3.8) is 0 Å². The van der Waals surface area contributed by atoms with Gasteiger partial charge in [0.1, 0.15) is 11.8 Å². The van der Waals surface area contributed by atoms with Gasteiger partial charge in [0.2, 0.25) is 0 Å². The van der Waals surface area contributed by atoms with Gasteiger partial charge >= 0.3 is 12.3 Å². The molecular formula is C10H9BrF3NO3. The van der Waals surface area contributed by atoms with Crippen molar-refractivity contribution in [1.82, 2.24) is 0 Å². The van der Waals surface area contributed by atoms with Crippen molar-refractivity contribution in [3.05, 3.63) is 28.2 Å². The quantitative estimate of drug-likeness (QED) is 0.866. The number of benzene rings is 1. The predicted octanol–water partition coefficient (Wildman–Crippen LogP) is 2.52. The van der Waals surface area contributed by atoms with E-state index in [4.69, 9.17) is 5.73 Å². The van der Waals surface area contributed by atoms with E-state index in [1.165, 1.54) is 12.1 Å². The van der Waals surface area contributed by atoms with Crippen LogP contribution in [0.15, 0.2) is 22.7 Å². The monoisotopic (exact) mass is 327 g/mol. The number of carbonyl (C=O) groups is 1. The number of ether oxygens (including phenoxy) is 2. The Morgan fingerprint density at radius 3 is 2.56 bits per heavy atom. The standard InChI is InChI=1S/C10H9BrF3NO3/c1-17-9(16)8(15)6-4-5(11)2-3-7(6)18-10(12,13)14/h2-4,8H,15H2,1H3/t8-/m0/s1. The van der Waals surface area contributed by atoms with Gasteiger partial charge in [-0.15, -0.1) is 13.2 Å². The van der Waals surface area contributed by atoms with Gasteiger partial charge in [-0.05, 0) is 18.2 Å². The van der Waals surface area contributed by atoms with Crippen LogP contribution in [-0.4, -0.2) is 19.4 Å². The van der Waals surface area contributed by atoms with E-state index in [-0.39, 0.29) is 5.56 Å². The Labute approximate surface area is 109 Å². The molecule has 0 radical (unpaired) electrons. The van der Waals surface area contributed by atoms with Crippen LogP contribution >= 0.6 is 15.9 Å². The summed E-state index contributed by atoms with van der Waals surface area (Å²) in [7, 11) is 1.09. The molecule has 0 aliphatic carbocycles. The number of hydrogen-bond acceptors (Lipinski definition) is 4. The van der Waals surface area contributed by atoms with Gasteiger partial charge in [0.25, 0.3) is 0 Å². The first-order chi connectivity index (χ1) is 8.24. The molecule has 8 heteroatoms. The molecule has 0 bridgehead atoms. The molecule has 18 heavy (non-hydrogen) atoms. The van der Waals surface area contributed by atoms with E-state index in [0.29, 0.717) is 4.47 Å². The van der Waals surface area contributed by atoms with Gasteiger partial charge in [-0.2, -0.15) is 0 Å². The molecule has 0 aliphatic rings. The highest BCUT2D eigenvalue weighted by Crippen LogP contribution is 2.32. The molecule has 1 aromatic rings. The van der Waals surface area contributed by atoms with Crippen molar-refractivity contribution in [2.75, 3.05) is 7.11 Å². The van der Waals surface area contributed by atoms with E-state index in [2.05, 4.69) is 25.4 Å². The van der Waals surface area contributed by atoms with Crippen LogP contribution in [0, 0.1) is 0 Å². The van der Waals surface area contributed by atoms with Crippen molar-refractivity contribution in [2.24, 2.45) is 5.73 Å². The topological polar surface area (TPSA) is 61.5 Å². The second kappa shape index (κ2) is 5.57. The molecule has 0 fully saturated rings. The zero-order valence-electron chi connectivity index (χ0n) is 9.12. The number of nitrogens with two attached hydrogens (primary N) is 1. The summed E-state index contributed by atoms with van der Waals surface area (Å²) in [5.74, 6) is -1.40. The van der Waals surface area contributed by atoms with E-state index in [0.717, 1.165) is 13.2 Å². The van der Waals surface area contributed by atoms with E-state index >= 15 is 0 Å². The fourth-order valence-corrected chi connectivity index (χ4v) is 1.61. The Hall–Kier alpha value is -1.28. The summed E-state index contributed by atoms with van der Waals surface area (Å²) < 4.78 is 45.2. The molecule has 0 spiro atoms. The number of halogens is 4. The van der Waals surface area contributed by atoms with Crippen LogP contribution in [0.1, 0.15) is 11.6 Å². The van der Waals surface area contributed by atoms with Gasteiger partial charge in [-0.1, -0.05) is 15.9 Å². The summed E-state index contributed by atoms with van der Waals surface area (Å²) in [4.78, 5) is 11.2. The van der Waals surface area contributed by atoms with Crippen molar-refractivity contribution in [3.8, 4) is 5.75 Å². The second-order valence-corrected chi connectivity index (χ2v) is 4.15. The maximum atomic E-state index is 12.2. The largest absolute Gasteiger partial charge is 0.573 e. The molecule has 0 unspecified atom stereocenters. The molecule has 2 N–H and O–H groups in total. The summed E-state index contributed by atoms with van der Waals surface area (Å²) in [6.07, 6.45) is -4.86. The summed E-state index contributed by atoms with van der Waals surface area (Å²) >= 11 is 3.07. The zero-order chi connectivity index (χ0) is 13.9. The molecule has 1 rings (SSSR count). The van der Waals surface area contributed by atoms with Crippen molar-refractivity contribution in [1.29, 1.82) is 0 Å². The summed E-state index contributed by atoms with van der Waals surface area (Å²) in [5.41, 5.74) is 5.38. The Kier molecular flexibility index (Phi) is 4.58. The van der Waals surface area contributed by atoms with Crippen molar-refractivity contribution >= 4 is 21.9 Å². The lowest BCUT2D eigenvalue weighted by Gasteiger charge is -2.16. The maximum Gasteiger partial charge on any atom is 0.573 e. The fraction of sp³-hybridized carbons (Fsp3) is 0.300. The lowest BCUT2D eigenvalue weighted by atomic mass is 10.1. The van der Waals surface area contributed by atoms with Crippen LogP contribution in [0.2, 0.25) is 0 Å². The van der Waals surface area contributed by atoms with Crippen LogP contribution in [0.25, 0.3) is 0 Å². The van der Waals surface area contributed by atoms with Crippen LogP contribution in [0.3, 0.4) is 0 Å². The van der Waals surface area contributed by atoms with Gasteiger partial charge in [0, 0.05) is 10.0 Å². The number of carbonyl (C=O) groups excluding carboxylic acids is 1. The Morgan fingerprint density at radius 1 is 1.44 bits per heavy atom. The van der Waals surface area contributed by atoms with Gasteiger partial charge in [0.05, 0.1) is 7.11 Å². The van der Waals surface area contributed by atoms with Crippen LogP contribution in [0.5, 0.6) is 5.75 Å². The summed E-state index contributed by atoms with van der Waals surface area (Å²) in [6.45, 7) is 0. The first kappa shape index (κ1) is 14.8. The number of rotatable bonds is 3. The lowest BCUT2D eigenvalue weighted by molar-refractivity contribution is -0.275. The van der Waals surface area contributed by atoms with Crippen LogP contribution < -0.4 is 10.5 Å². The smallest absolute Gasteiger partial charge is 0.468 e. The molecule has 0 heterocycles. The Balaban J connectivity index is 3.15. The molecule has 0 saturated carbocycles. The Bertz CT molecular complexity index is 450. The van der Waals surface area contributed by atoms with Gasteiger partial charge in [-0.25, -0.2) is 0 Å². The third-order valence-corrected chi connectivity index (χ3v) is 2.48. The molecule has 0 amide bonds. The van der Waals surface area contributed by atoms with Gasteiger partial charge < -0.3 is 15.2 Å². The maximum absolute atomic E-state index is 12.2. The minimum absolute atomic E-state index is 0.117. The normalized spacial score (nSPS) is 13.0. The third-order valence-electron chi connectivity index (χ3n) is 1.99. The van der Waals surface area contributed by atoms with E-state index in [9.17, 15) is 18.0 Å². The summed E-state index contributed by atoms with van der Waals surface area (Å²) in [5, 5.41) is 0. The SMILES string of the molecule is COC(=O)[C@@H](N)c1cc(Br)ccc1OC(F)(F)F. The van der Waals surface area contributed by atoms with Crippen molar-refractivity contribution < 1.29 is 27.4 Å². The molecular weight excluding hydrogens is 319 g/mol. The first-order valence-corrected chi connectivity index (χ1v) is 5.42. The Morgan fingerprint density at radius 2 is 2.06 bits per heavy atom. The third kappa shape index (κ3) is 3.88. The number of alkyl halides is 3. The highest BCUT2D eigenvalue weighted by Gasteiger charge is 2.33. The second-order valence-electron chi connectivity index (χ2n) is 3.23. The molecule has 1 aromatic carbocycles. The number of esters is 1. The number of hydrogen-bond donors (Lipinski definition) is 1. The molecule has 0 saturated heterocycles. The van der Waals surface area contributed by atoms with E-state index < -0.39 is 24.1 Å². The predicted molar refractivity (Wildman–Crippen MR) is 59.8 cm³/mol. The minimum atomic E-state index is -4.86. The van der Waals surface area contributed by atoms with E-state index in [1.54, 1.807) is 0 Å². The summed E-state index contributed by atoms with van der Waals surface area (Å²) in [6, 6.07) is 2.32. The van der Waals surface area contributed by atoms with E-state index in [1.807, 2.05) is 0 Å². The highest BCUT2D eigenvalue weighted by atomic mass is 79.9. The molecule has 4 nitrogen and oxygen atoms in total. The molecule has 1 atom stereocenters. The van der Waals surface area contributed by atoms with Gasteiger partial charge in [0.15, 0.2) is 0 Å². The molecule has 0 aromatic heterocycles. The fourth-order valence-electron chi connectivity index (χ4n) is 1.23. The first-order valence-electron chi connectivity index (χ1n) is 4.63. The lowest BCUT2D eigenvalue weighted by Crippen LogP contribution is -2.25. The van der Waals surface area contributed by atoms with Crippen LogP contribution in [-0.2, 0) is 9.53 Å². The molecule has 100 valence electrons. The van der Waals surface area contributed by atoms with Crippen molar-refractivity contribution in [2.45, 2.75) is 12.4 Å². The average molecular weight is 328 g/mol. The van der Waals surface area contributed by atoms with Gasteiger partial charge in [-0.3, -0.25) is 4.79 Å².